The van der Waals surface area contributed by atoms with Gasteiger partial charge in [0.2, 0.25) is 0 Å². The van der Waals surface area contributed by atoms with Crippen molar-refractivity contribution in [3.8, 4) is 6.07 Å². The molecule has 0 fully saturated rings. The molecule has 0 aliphatic rings. The summed E-state index contributed by atoms with van der Waals surface area (Å²) in [6.45, 7) is 5.12. The molecule has 0 saturated heterocycles. The third-order valence-electron chi connectivity index (χ3n) is 2.38. The van der Waals surface area contributed by atoms with E-state index in [9.17, 15) is 9.59 Å². The molecular formula is C10H13N3O2. The van der Waals surface area contributed by atoms with Gasteiger partial charge in [-0.25, -0.2) is 4.68 Å². The van der Waals surface area contributed by atoms with Gasteiger partial charge in [-0.2, -0.15) is 5.26 Å². The van der Waals surface area contributed by atoms with Gasteiger partial charge in [0.05, 0.1) is 18.5 Å². The van der Waals surface area contributed by atoms with E-state index >= 15 is 0 Å². The second kappa shape index (κ2) is 4.13. The molecule has 5 heteroatoms. The Bertz CT molecular complexity index is 519. The third-order valence-corrected chi connectivity index (χ3v) is 2.38. The van der Waals surface area contributed by atoms with E-state index in [4.69, 9.17) is 5.26 Å². The van der Waals surface area contributed by atoms with Gasteiger partial charge in [-0.15, -0.1) is 0 Å². The monoisotopic (exact) mass is 207 g/mol. The lowest BCUT2D eigenvalue weighted by Gasteiger charge is -2.08. The molecule has 1 unspecified atom stereocenters. The second-order valence-corrected chi connectivity index (χ2v) is 3.64. The highest BCUT2D eigenvalue weighted by atomic mass is 16.2. The van der Waals surface area contributed by atoms with Crippen LogP contribution >= 0.6 is 0 Å². The van der Waals surface area contributed by atoms with Crippen molar-refractivity contribution in [2.24, 2.45) is 5.92 Å². The van der Waals surface area contributed by atoms with Crippen LogP contribution in [0.3, 0.4) is 0 Å². The predicted molar refractivity (Wildman–Crippen MR) is 55.6 cm³/mol. The van der Waals surface area contributed by atoms with E-state index in [0.717, 1.165) is 0 Å². The Morgan fingerprint density at radius 3 is 2.53 bits per heavy atom. The Balaban J connectivity index is 3.29. The normalized spacial score (nSPS) is 12.1. The molecule has 1 rings (SSSR count). The molecule has 1 N–H and O–H groups in total. The zero-order chi connectivity index (χ0) is 11.6. The number of nitriles is 1. The van der Waals surface area contributed by atoms with Crippen LogP contribution < -0.4 is 11.1 Å². The SMILES string of the molecule is Cc1c(C)c(=O)n(CC(C)C#N)[nH]c1=O. The quantitative estimate of drug-likeness (QED) is 0.758. The summed E-state index contributed by atoms with van der Waals surface area (Å²) in [5.41, 5.74) is 0.344. The first-order chi connectivity index (χ1) is 6.97. The molecule has 5 nitrogen and oxygen atoms in total. The fraction of sp³-hybridized carbons (Fsp3) is 0.500. The first kappa shape index (κ1) is 11.2. The summed E-state index contributed by atoms with van der Waals surface area (Å²) < 4.78 is 1.19. The van der Waals surface area contributed by atoms with Gasteiger partial charge in [-0.3, -0.25) is 14.7 Å². The first-order valence-corrected chi connectivity index (χ1v) is 4.67. The Kier molecular flexibility index (Phi) is 3.10. The zero-order valence-electron chi connectivity index (χ0n) is 9.00. The lowest BCUT2D eigenvalue weighted by molar-refractivity contribution is 0.494. The average molecular weight is 207 g/mol. The number of aromatic nitrogens is 2. The van der Waals surface area contributed by atoms with E-state index < -0.39 is 0 Å². The van der Waals surface area contributed by atoms with E-state index in [1.54, 1.807) is 20.8 Å². The molecule has 0 saturated carbocycles. The predicted octanol–water partition coefficient (Wildman–Crippen LogP) is 0.313. The van der Waals surface area contributed by atoms with Crippen molar-refractivity contribution in [3.05, 3.63) is 31.8 Å². The van der Waals surface area contributed by atoms with Crippen molar-refractivity contribution in [2.45, 2.75) is 27.3 Å². The van der Waals surface area contributed by atoms with Crippen molar-refractivity contribution >= 4 is 0 Å². The maximum Gasteiger partial charge on any atom is 0.268 e. The highest BCUT2D eigenvalue weighted by molar-refractivity contribution is 5.17. The maximum atomic E-state index is 11.7. The van der Waals surface area contributed by atoms with Gasteiger partial charge in [0.25, 0.3) is 11.1 Å². The second-order valence-electron chi connectivity index (χ2n) is 3.64. The van der Waals surface area contributed by atoms with Gasteiger partial charge >= 0.3 is 0 Å². The van der Waals surface area contributed by atoms with Gasteiger partial charge in [0.1, 0.15) is 0 Å². The summed E-state index contributed by atoms with van der Waals surface area (Å²) in [5, 5.41) is 11.1. The zero-order valence-corrected chi connectivity index (χ0v) is 9.00. The van der Waals surface area contributed by atoms with Crippen LogP contribution in [0.2, 0.25) is 0 Å². The fourth-order valence-corrected chi connectivity index (χ4v) is 1.23. The molecule has 0 aromatic carbocycles. The third kappa shape index (κ3) is 2.15. The van der Waals surface area contributed by atoms with Crippen LogP contribution in [0.4, 0.5) is 0 Å². The molecule has 0 radical (unpaired) electrons. The molecule has 0 amide bonds. The molecule has 0 aliphatic heterocycles. The van der Waals surface area contributed by atoms with E-state index in [0.29, 0.717) is 11.1 Å². The maximum absolute atomic E-state index is 11.7. The van der Waals surface area contributed by atoms with E-state index in [1.165, 1.54) is 4.68 Å². The van der Waals surface area contributed by atoms with Gasteiger partial charge in [-0.05, 0) is 20.8 Å². The van der Waals surface area contributed by atoms with Crippen molar-refractivity contribution in [3.63, 3.8) is 0 Å². The van der Waals surface area contributed by atoms with Crippen LogP contribution in [0, 0.1) is 31.1 Å². The van der Waals surface area contributed by atoms with E-state index in [1.807, 2.05) is 6.07 Å². The van der Waals surface area contributed by atoms with E-state index in [-0.39, 0.29) is 23.6 Å². The lowest BCUT2D eigenvalue weighted by atomic mass is 10.2. The molecule has 15 heavy (non-hydrogen) atoms. The van der Waals surface area contributed by atoms with Crippen LogP contribution in [0.5, 0.6) is 0 Å². The molecule has 0 aliphatic carbocycles. The van der Waals surface area contributed by atoms with Gasteiger partial charge in [-0.1, -0.05) is 0 Å². The number of rotatable bonds is 2. The standard InChI is InChI=1S/C10H13N3O2/c1-6(4-11)5-13-10(15)8(3)7(2)9(14)12-13/h6H,5H2,1-3H3,(H,12,14). The Morgan fingerprint density at radius 2 is 2.00 bits per heavy atom. The van der Waals surface area contributed by atoms with Crippen molar-refractivity contribution in [2.75, 3.05) is 0 Å². The summed E-state index contributed by atoms with van der Waals surface area (Å²) in [6.07, 6.45) is 0. The van der Waals surface area contributed by atoms with Crippen molar-refractivity contribution in [1.82, 2.24) is 9.78 Å². The summed E-state index contributed by atoms with van der Waals surface area (Å²) in [6, 6.07) is 2.01. The van der Waals surface area contributed by atoms with Gasteiger partial charge in [0, 0.05) is 11.1 Å². The first-order valence-electron chi connectivity index (χ1n) is 4.67. The van der Waals surface area contributed by atoms with Crippen LogP contribution in [-0.4, -0.2) is 9.78 Å². The van der Waals surface area contributed by atoms with Gasteiger partial charge < -0.3 is 0 Å². The van der Waals surface area contributed by atoms with Gasteiger partial charge in [0.15, 0.2) is 0 Å². The molecule has 1 aromatic heterocycles. The summed E-state index contributed by atoms with van der Waals surface area (Å²) in [7, 11) is 0. The Hall–Kier alpha value is -1.83. The summed E-state index contributed by atoms with van der Waals surface area (Å²) >= 11 is 0. The Labute approximate surface area is 87.0 Å². The fourth-order valence-electron chi connectivity index (χ4n) is 1.23. The topological polar surface area (TPSA) is 78.7 Å². The van der Waals surface area contributed by atoms with E-state index in [2.05, 4.69) is 5.10 Å². The number of hydrogen-bond donors (Lipinski definition) is 1. The number of H-pyrrole nitrogens is 1. The molecule has 1 atom stereocenters. The minimum atomic E-state index is -0.305. The molecule has 80 valence electrons. The molecule has 1 aromatic rings. The molecule has 0 bridgehead atoms. The van der Waals surface area contributed by atoms with Crippen LogP contribution in [0.15, 0.2) is 9.59 Å². The number of aromatic amines is 1. The number of hydrogen-bond acceptors (Lipinski definition) is 3. The molecule has 0 spiro atoms. The Morgan fingerprint density at radius 1 is 1.40 bits per heavy atom. The molecular weight excluding hydrogens is 194 g/mol. The molecule has 1 heterocycles. The average Bonchev–Trinajstić information content (AvgIpc) is 2.22. The summed E-state index contributed by atoms with van der Waals surface area (Å²) in [5.74, 6) is -0.305. The van der Waals surface area contributed by atoms with Crippen LogP contribution in [-0.2, 0) is 6.54 Å². The highest BCUT2D eigenvalue weighted by Gasteiger charge is 2.09. The van der Waals surface area contributed by atoms with Crippen LogP contribution in [0.1, 0.15) is 18.1 Å². The minimum Gasteiger partial charge on any atom is -0.268 e. The van der Waals surface area contributed by atoms with Crippen LogP contribution in [0.25, 0.3) is 0 Å². The van der Waals surface area contributed by atoms with Crippen molar-refractivity contribution < 1.29 is 0 Å². The summed E-state index contributed by atoms with van der Waals surface area (Å²) in [4.78, 5) is 23.1. The lowest BCUT2D eigenvalue weighted by Crippen LogP contribution is -2.34. The highest BCUT2D eigenvalue weighted by Crippen LogP contribution is 1.96. The number of nitrogens with one attached hydrogen (secondary N) is 1. The minimum absolute atomic E-state index is 0.214. The largest absolute Gasteiger partial charge is 0.268 e. The van der Waals surface area contributed by atoms with Crippen molar-refractivity contribution in [1.29, 1.82) is 5.26 Å². The smallest absolute Gasteiger partial charge is 0.268 e. The number of nitrogens with zero attached hydrogens (tertiary/aromatic N) is 2.